The minimum atomic E-state index is -3.60. The smallest absolute Gasteiger partial charge is 0.241 e. The first-order chi connectivity index (χ1) is 11.1. The lowest BCUT2D eigenvalue weighted by Crippen LogP contribution is -2.49. The van der Waals surface area contributed by atoms with Gasteiger partial charge in [-0.2, -0.15) is 0 Å². The Kier molecular flexibility index (Phi) is 6.40. The molecule has 0 bridgehead atoms. The number of halogens is 1. The molecule has 3 N–H and O–H groups in total. The van der Waals surface area contributed by atoms with Gasteiger partial charge in [0.15, 0.2) is 0 Å². The number of sulfonamides is 1. The van der Waals surface area contributed by atoms with E-state index >= 15 is 0 Å². The van der Waals surface area contributed by atoms with Gasteiger partial charge in [-0.3, -0.25) is 0 Å². The monoisotopic (exact) mass is 366 g/mol. The third kappa shape index (κ3) is 4.16. The van der Waals surface area contributed by atoms with Crippen molar-refractivity contribution in [2.75, 3.05) is 0 Å². The topological polar surface area (TPSA) is 72.2 Å². The summed E-state index contributed by atoms with van der Waals surface area (Å²) in [4.78, 5) is 0.309. The summed E-state index contributed by atoms with van der Waals surface area (Å²) in [7, 11) is -3.60. The number of nitrogens with two attached hydrogens (primary N) is 1. The third-order valence-corrected chi connectivity index (χ3v) is 5.94. The molecule has 0 aliphatic heterocycles. The normalized spacial score (nSPS) is 21.0. The average molecular weight is 367 g/mol. The molecule has 2 aromatic carbocycles. The van der Waals surface area contributed by atoms with Crippen molar-refractivity contribution in [3.63, 3.8) is 0 Å². The fraction of sp³-hybridized carbons (Fsp3) is 0.333. The minimum Gasteiger partial charge on any atom is -0.326 e. The van der Waals surface area contributed by atoms with E-state index in [2.05, 4.69) is 4.72 Å². The highest BCUT2D eigenvalue weighted by molar-refractivity contribution is 7.89. The van der Waals surface area contributed by atoms with Gasteiger partial charge in [-0.1, -0.05) is 61.4 Å². The molecule has 4 nitrogen and oxygen atoms in total. The third-order valence-electron chi connectivity index (χ3n) is 4.39. The molecule has 0 spiro atoms. The van der Waals surface area contributed by atoms with Crippen LogP contribution < -0.4 is 10.5 Å². The first-order valence-corrected chi connectivity index (χ1v) is 9.48. The maximum Gasteiger partial charge on any atom is 0.241 e. The molecule has 130 valence electrons. The molecule has 1 aliphatic carbocycles. The average Bonchev–Trinajstić information content (AvgIpc) is 2.58. The fourth-order valence-corrected chi connectivity index (χ4v) is 4.68. The number of hydrogen-bond acceptors (Lipinski definition) is 3. The van der Waals surface area contributed by atoms with Gasteiger partial charge in [-0.25, -0.2) is 13.1 Å². The van der Waals surface area contributed by atoms with Crippen molar-refractivity contribution in [1.82, 2.24) is 4.72 Å². The van der Waals surface area contributed by atoms with Gasteiger partial charge in [0, 0.05) is 17.6 Å². The second kappa shape index (κ2) is 8.12. The molecule has 1 saturated carbocycles. The first-order valence-electron chi connectivity index (χ1n) is 8.00. The van der Waals surface area contributed by atoms with Crippen molar-refractivity contribution < 1.29 is 8.42 Å². The van der Waals surface area contributed by atoms with Crippen molar-refractivity contribution in [1.29, 1.82) is 0 Å². The maximum absolute atomic E-state index is 12.9. The molecule has 2 aromatic rings. The lowest BCUT2D eigenvalue weighted by Gasteiger charge is -2.29. The molecule has 0 saturated heterocycles. The fourth-order valence-electron chi connectivity index (χ4n) is 3.13. The Morgan fingerprint density at radius 2 is 1.54 bits per heavy atom. The molecule has 24 heavy (non-hydrogen) atoms. The van der Waals surface area contributed by atoms with Crippen LogP contribution in [0.4, 0.5) is 0 Å². The summed E-state index contributed by atoms with van der Waals surface area (Å²) in [5.41, 5.74) is 7.69. The zero-order chi connectivity index (χ0) is 16.3. The van der Waals surface area contributed by atoms with Crippen molar-refractivity contribution in [2.24, 2.45) is 5.73 Å². The summed E-state index contributed by atoms with van der Waals surface area (Å²) in [6, 6.07) is 16.4. The zero-order valence-corrected chi connectivity index (χ0v) is 15.0. The van der Waals surface area contributed by atoms with Crippen LogP contribution in [-0.4, -0.2) is 20.5 Å². The summed E-state index contributed by atoms with van der Waals surface area (Å²) >= 11 is 0. The Balaban J connectivity index is 0.00000208. The van der Waals surface area contributed by atoms with Gasteiger partial charge in [0.05, 0.1) is 4.90 Å². The van der Waals surface area contributed by atoms with Gasteiger partial charge in [0.25, 0.3) is 0 Å². The van der Waals surface area contributed by atoms with Gasteiger partial charge in [0.1, 0.15) is 0 Å². The Morgan fingerprint density at radius 3 is 2.25 bits per heavy atom. The van der Waals surface area contributed by atoms with E-state index < -0.39 is 10.0 Å². The maximum atomic E-state index is 12.9. The summed E-state index contributed by atoms with van der Waals surface area (Å²) < 4.78 is 28.6. The van der Waals surface area contributed by atoms with Gasteiger partial charge in [-0.05, 0) is 24.5 Å². The van der Waals surface area contributed by atoms with Crippen LogP contribution in [0.2, 0.25) is 0 Å². The van der Waals surface area contributed by atoms with Gasteiger partial charge < -0.3 is 5.73 Å². The van der Waals surface area contributed by atoms with Crippen molar-refractivity contribution in [3.8, 4) is 11.1 Å². The molecule has 3 rings (SSSR count). The van der Waals surface area contributed by atoms with Crippen molar-refractivity contribution in [2.45, 2.75) is 42.7 Å². The van der Waals surface area contributed by atoms with E-state index in [0.717, 1.165) is 31.2 Å². The molecule has 1 fully saturated rings. The van der Waals surface area contributed by atoms with E-state index in [1.54, 1.807) is 12.1 Å². The van der Waals surface area contributed by atoms with E-state index in [4.69, 9.17) is 5.73 Å². The Labute approximate surface area is 149 Å². The van der Waals surface area contributed by atoms with E-state index in [1.807, 2.05) is 42.5 Å². The van der Waals surface area contributed by atoms with Crippen molar-refractivity contribution >= 4 is 22.4 Å². The van der Waals surface area contributed by atoms with Crippen molar-refractivity contribution in [3.05, 3.63) is 54.6 Å². The molecular formula is C18H23ClN2O2S. The largest absolute Gasteiger partial charge is 0.326 e. The van der Waals surface area contributed by atoms with E-state index in [9.17, 15) is 8.42 Å². The van der Waals surface area contributed by atoms with Gasteiger partial charge in [0.2, 0.25) is 10.0 Å². The summed E-state index contributed by atoms with van der Waals surface area (Å²) in [5, 5.41) is 0. The lowest BCUT2D eigenvalue weighted by atomic mass is 9.92. The molecular weight excluding hydrogens is 344 g/mol. The molecule has 0 heterocycles. The minimum absolute atomic E-state index is 0. The summed E-state index contributed by atoms with van der Waals surface area (Å²) in [5.74, 6) is 0. The van der Waals surface area contributed by atoms with Crippen LogP contribution in [0, 0.1) is 0 Å². The van der Waals surface area contributed by atoms with E-state index in [1.165, 1.54) is 0 Å². The summed E-state index contributed by atoms with van der Waals surface area (Å²) in [6.45, 7) is 0. The highest BCUT2D eigenvalue weighted by atomic mass is 35.5. The Bertz CT molecular complexity index is 766. The van der Waals surface area contributed by atoms with Crippen LogP contribution in [-0.2, 0) is 10.0 Å². The number of benzene rings is 2. The van der Waals surface area contributed by atoms with E-state index in [0.29, 0.717) is 10.5 Å². The van der Waals surface area contributed by atoms with Crippen LogP contribution in [0.5, 0.6) is 0 Å². The molecule has 6 heteroatoms. The molecule has 0 radical (unpaired) electrons. The predicted molar refractivity (Wildman–Crippen MR) is 99.7 cm³/mol. The first kappa shape index (κ1) is 18.9. The summed E-state index contributed by atoms with van der Waals surface area (Å²) in [6.07, 6.45) is 3.75. The van der Waals surface area contributed by atoms with Crippen LogP contribution in [0.3, 0.4) is 0 Å². The predicted octanol–water partition coefficient (Wildman–Crippen LogP) is 3.32. The highest BCUT2D eigenvalue weighted by Gasteiger charge is 2.28. The number of hydrogen-bond donors (Lipinski definition) is 2. The molecule has 2 atom stereocenters. The Hall–Kier alpha value is -1.40. The number of nitrogens with one attached hydrogen (secondary N) is 1. The molecule has 0 aromatic heterocycles. The second-order valence-corrected chi connectivity index (χ2v) is 7.72. The van der Waals surface area contributed by atoms with Gasteiger partial charge in [-0.15, -0.1) is 12.4 Å². The van der Waals surface area contributed by atoms with E-state index in [-0.39, 0.29) is 24.5 Å². The zero-order valence-electron chi connectivity index (χ0n) is 13.4. The standard InChI is InChI=1S/C18H22N2O2S.ClH/c19-16-11-5-6-12-17(16)20-23(21,22)18-13-7-4-10-15(18)14-8-2-1-3-9-14;/h1-4,7-10,13,16-17,20H,5-6,11-12,19H2;1H/t16-,17-;/m1./s1. The molecule has 0 amide bonds. The van der Waals surface area contributed by atoms with Crippen LogP contribution in [0.25, 0.3) is 11.1 Å². The number of rotatable bonds is 4. The van der Waals surface area contributed by atoms with Crippen LogP contribution in [0.1, 0.15) is 25.7 Å². The molecule has 0 unspecified atom stereocenters. The van der Waals surface area contributed by atoms with Crippen LogP contribution in [0.15, 0.2) is 59.5 Å². The quantitative estimate of drug-likeness (QED) is 0.871. The second-order valence-electron chi connectivity index (χ2n) is 6.04. The lowest BCUT2D eigenvalue weighted by molar-refractivity contribution is 0.361. The van der Waals surface area contributed by atoms with Crippen LogP contribution >= 0.6 is 12.4 Å². The Morgan fingerprint density at radius 1 is 0.917 bits per heavy atom. The SMILES string of the molecule is Cl.N[C@@H]1CCCC[C@H]1NS(=O)(=O)c1ccccc1-c1ccccc1. The highest BCUT2D eigenvalue weighted by Crippen LogP contribution is 2.28. The molecule has 1 aliphatic rings. The van der Waals surface area contributed by atoms with Gasteiger partial charge >= 0.3 is 0 Å².